The highest BCUT2D eigenvalue weighted by molar-refractivity contribution is 5.19. The molecule has 3 heteroatoms. The van der Waals surface area contributed by atoms with Crippen LogP contribution >= 0.6 is 0 Å². The Labute approximate surface area is 64.3 Å². The molecule has 2 atom stereocenters. The second-order valence-corrected chi connectivity index (χ2v) is 2.44. The van der Waals surface area contributed by atoms with E-state index in [9.17, 15) is 4.39 Å². The number of hydrogen-bond donors (Lipinski definition) is 1. The standard InChI is InChI=1S/C8H8FNO/c9-8(11)5-2-1-3-7(8)4-6-10/h1-3,5,7,11H,4H2. The van der Waals surface area contributed by atoms with Crippen molar-refractivity contribution in [1.29, 1.82) is 5.26 Å². The highest BCUT2D eigenvalue weighted by atomic mass is 19.2. The van der Waals surface area contributed by atoms with Crippen LogP contribution in [0, 0.1) is 17.2 Å². The van der Waals surface area contributed by atoms with E-state index in [1.54, 1.807) is 6.08 Å². The van der Waals surface area contributed by atoms with Gasteiger partial charge in [-0.2, -0.15) is 5.26 Å². The molecule has 0 bridgehead atoms. The van der Waals surface area contributed by atoms with Gasteiger partial charge >= 0.3 is 0 Å². The summed E-state index contributed by atoms with van der Waals surface area (Å²) in [5, 5.41) is 17.3. The van der Waals surface area contributed by atoms with Crippen LogP contribution in [0.5, 0.6) is 0 Å². The van der Waals surface area contributed by atoms with Gasteiger partial charge in [-0.05, 0) is 6.08 Å². The Kier molecular flexibility index (Phi) is 2.06. The summed E-state index contributed by atoms with van der Waals surface area (Å²) in [7, 11) is 0. The summed E-state index contributed by atoms with van der Waals surface area (Å²) in [4.78, 5) is 0. The van der Waals surface area contributed by atoms with Gasteiger partial charge in [0.1, 0.15) is 0 Å². The van der Waals surface area contributed by atoms with Crippen LogP contribution in [-0.4, -0.2) is 11.0 Å². The van der Waals surface area contributed by atoms with Crippen LogP contribution in [0.25, 0.3) is 0 Å². The molecule has 1 rings (SSSR count). The molecule has 0 spiro atoms. The molecule has 1 N–H and O–H groups in total. The quantitative estimate of drug-likeness (QED) is 0.617. The minimum absolute atomic E-state index is 0.00611. The molecule has 0 aromatic heterocycles. The number of halogens is 1. The van der Waals surface area contributed by atoms with E-state index in [0.717, 1.165) is 6.08 Å². The lowest BCUT2D eigenvalue weighted by molar-refractivity contribution is -0.0757. The molecule has 0 heterocycles. The van der Waals surface area contributed by atoms with Crippen molar-refractivity contribution < 1.29 is 9.50 Å². The normalized spacial score (nSPS) is 35.2. The van der Waals surface area contributed by atoms with Crippen molar-refractivity contribution in [1.82, 2.24) is 0 Å². The Balaban J connectivity index is 2.73. The average Bonchev–Trinajstić information content (AvgIpc) is 1.94. The Bertz CT molecular complexity index is 237. The first kappa shape index (κ1) is 7.96. The lowest BCUT2D eigenvalue weighted by Crippen LogP contribution is -2.30. The number of allylic oxidation sites excluding steroid dienone is 2. The molecule has 0 fully saturated rings. The largest absolute Gasteiger partial charge is 0.358 e. The number of rotatable bonds is 1. The maximum atomic E-state index is 13.0. The SMILES string of the molecule is N#CCC1C=CC=CC1(O)F. The zero-order valence-corrected chi connectivity index (χ0v) is 5.87. The smallest absolute Gasteiger partial charge is 0.233 e. The average molecular weight is 153 g/mol. The number of hydrogen-bond acceptors (Lipinski definition) is 2. The van der Waals surface area contributed by atoms with Crippen LogP contribution in [-0.2, 0) is 0 Å². The van der Waals surface area contributed by atoms with Gasteiger partial charge in [0.05, 0.1) is 12.0 Å². The molecule has 0 saturated heterocycles. The van der Waals surface area contributed by atoms with Crippen molar-refractivity contribution in [3.63, 3.8) is 0 Å². The fourth-order valence-corrected chi connectivity index (χ4v) is 0.957. The van der Waals surface area contributed by atoms with Crippen molar-refractivity contribution in [3.05, 3.63) is 24.3 Å². The van der Waals surface area contributed by atoms with Gasteiger partial charge in [0.2, 0.25) is 5.85 Å². The summed E-state index contributed by atoms with van der Waals surface area (Å²) in [6.07, 6.45) is 5.58. The van der Waals surface area contributed by atoms with Gasteiger partial charge in [-0.1, -0.05) is 18.2 Å². The highest BCUT2D eigenvalue weighted by Gasteiger charge is 2.33. The van der Waals surface area contributed by atoms with Crippen LogP contribution in [0.1, 0.15) is 6.42 Å². The first-order valence-electron chi connectivity index (χ1n) is 3.31. The third kappa shape index (κ3) is 1.66. The molecule has 0 aromatic rings. The van der Waals surface area contributed by atoms with E-state index in [0.29, 0.717) is 0 Å². The monoisotopic (exact) mass is 153 g/mol. The first-order chi connectivity index (χ1) is 5.17. The van der Waals surface area contributed by atoms with Gasteiger partial charge in [-0.3, -0.25) is 0 Å². The fourth-order valence-electron chi connectivity index (χ4n) is 0.957. The van der Waals surface area contributed by atoms with Gasteiger partial charge in [0.25, 0.3) is 0 Å². The minimum atomic E-state index is -2.34. The van der Waals surface area contributed by atoms with E-state index in [2.05, 4.69) is 0 Å². The van der Waals surface area contributed by atoms with E-state index in [1.165, 1.54) is 12.2 Å². The molecule has 1 aliphatic rings. The summed E-state index contributed by atoms with van der Waals surface area (Å²) < 4.78 is 13.0. The zero-order chi connectivity index (χ0) is 8.32. The van der Waals surface area contributed by atoms with Crippen molar-refractivity contribution in [2.24, 2.45) is 5.92 Å². The van der Waals surface area contributed by atoms with Crippen molar-refractivity contribution in [2.45, 2.75) is 12.3 Å². The highest BCUT2D eigenvalue weighted by Crippen LogP contribution is 2.27. The van der Waals surface area contributed by atoms with Crippen LogP contribution in [0.2, 0.25) is 0 Å². The number of alkyl halides is 1. The molecule has 0 aliphatic heterocycles. The van der Waals surface area contributed by atoms with Crippen LogP contribution in [0.4, 0.5) is 4.39 Å². The predicted octanol–water partition coefficient (Wildman–Crippen LogP) is 1.30. The summed E-state index contributed by atoms with van der Waals surface area (Å²) >= 11 is 0. The Hall–Kier alpha value is -1.14. The lowest BCUT2D eigenvalue weighted by atomic mass is 9.93. The van der Waals surface area contributed by atoms with E-state index in [4.69, 9.17) is 10.4 Å². The third-order valence-electron chi connectivity index (χ3n) is 1.62. The molecule has 1 aliphatic carbocycles. The fraction of sp³-hybridized carbons (Fsp3) is 0.375. The summed E-state index contributed by atoms with van der Waals surface area (Å²) in [6.45, 7) is 0. The number of aliphatic hydroxyl groups is 1. The van der Waals surface area contributed by atoms with E-state index >= 15 is 0 Å². The molecule has 58 valence electrons. The maximum Gasteiger partial charge on any atom is 0.233 e. The number of nitriles is 1. The van der Waals surface area contributed by atoms with Gasteiger partial charge in [-0.25, -0.2) is 4.39 Å². The molecule has 0 radical (unpaired) electrons. The lowest BCUT2D eigenvalue weighted by Gasteiger charge is -2.23. The van der Waals surface area contributed by atoms with Gasteiger partial charge in [0.15, 0.2) is 0 Å². The summed E-state index contributed by atoms with van der Waals surface area (Å²) in [5.41, 5.74) is 0. The van der Waals surface area contributed by atoms with E-state index in [1.807, 2.05) is 6.07 Å². The Morgan fingerprint density at radius 1 is 1.64 bits per heavy atom. The Morgan fingerprint density at radius 3 is 2.91 bits per heavy atom. The van der Waals surface area contributed by atoms with Crippen LogP contribution in [0.3, 0.4) is 0 Å². The second-order valence-electron chi connectivity index (χ2n) is 2.44. The summed E-state index contributed by atoms with van der Waals surface area (Å²) in [6, 6.07) is 1.81. The number of nitrogens with zero attached hydrogens (tertiary/aromatic N) is 1. The molecule has 2 nitrogen and oxygen atoms in total. The van der Waals surface area contributed by atoms with Crippen LogP contribution < -0.4 is 0 Å². The molecule has 2 unspecified atom stereocenters. The zero-order valence-electron chi connectivity index (χ0n) is 5.87. The maximum absolute atomic E-state index is 13.0. The topological polar surface area (TPSA) is 44.0 Å². The summed E-state index contributed by atoms with van der Waals surface area (Å²) in [5.74, 6) is -3.07. The van der Waals surface area contributed by atoms with Crippen molar-refractivity contribution in [3.8, 4) is 6.07 Å². The van der Waals surface area contributed by atoms with Crippen LogP contribution in [0.15, 0.2) is 24.3 Å². The van der Waals surface area contributed by atoms with E-state index < -0.39 is 11.8 Å². The Morgan fingerprint density at radius 2 is 2.36 bits per heavy atom. The molecule has 0 aromatic carbocycles. The van der Waals surface area contributed by atoms with E-state index in [-0.39, 0.29) is 6.42 Å². The molecular formula is C8H8FNO. The first-order valence-corrected chi connectivity index (χ1v) is 3.31. The van der Waals surface area contributed by atoms with Gasteiger partial charge < -0.3 is 5.11 Å². The minimum Gasteiger partial charge on any atom is -0.358 e. The third-order valence-corrected chi connectivity index (χ3v) is 1.62. The molecule has 11 heavy (non-hydrogen) atoms. The van der Waals surface area contributed by atoms with Gasteiger partial charge in [0, 0.05) is 6.42 Å². The molecular weight excluding hydrogens is 145 g/mol. The van der Waals surface area contributed by atoms with Crippen molar-refractivity contribution >= 4 is 0 Å². The predicted molar refractivity (Wildman–Crippen MR) is 38.1 cm³/mol. The second kappa shape index (κ2) is 2.85. The van der Waals surface area contributed by atoms with Crippen molar-refractivity contribution in [2.75, 3.05) is 0 Å². The van der Waals surface area contributed by atoms with Gasteiger partial charge in [-0.15, -0.1) is 0 Å². The molecule has 0 saturated carbocycles. The molecule has 0 amide bonds.